The maximum absolute atomic E-state index is 13.3. The average Bonchev–Trinajstić information content (AvgIpc) is 3.14. The van der Waals surface area contributed by atoms with Crippen LogP contribution in [0.4, 0.5) is 0 Å². The number of fused-ring (bicyclic) bond motifs is 5. The molecule has 0 radical (unpaired) electrons. The molecule has 3 aromatic rings. The number of ether oxygens (including phenoxy) is 1. The van der Waals surface area contributed by atoms with Crippen molar-refractivity contribution >= 4 is 16.9 Å². The average molecular weight is 420 g/mol. The van der Waals surface area contributed by atoms with Crippen molar-refractivity contribution in [3.8, 4) is 17.1 Å². The number of pyridine rings is 2. The molecule has 160 valence electrons. The second kappa shape index (κ2) is 6.65. The van der Waals surface area contributed by atoms with E-state index < -0.39 is 11.6 Å². The summed E-state index contributed by atoms with van der Waals surface area (Å²) in [5, 5.41) is 22.3. The zero-order chi connectivity index (χ0) is 22.1. The molecular formula is C24H24N2O5. The molecule has 0 spiro atoms. The normalized spacial score (nSPS) is 19.2. The summed E-state index contributed by atoms with van der Waals surface area (Å²) in [5.74, 6) is -0.480. The van der Waals surface area contributed by atoms with Gasteiger partial charge in [0.05, 0.1) is 29.0 Å². The van der Waals surface area contributed by atoms with Gasteiger partial charge in [-0.25, -0.2) is 9.78 Å². The minimum atomic E-state index is -1.84. The van der Waals surface area contributed by atoms with E-state index >= 15 is 0 Å². The number of hydrogen-bond donors (Lipinski definition) is 2. The van der Waals surface area contributed by atoms with Crippen LogP contribution < -0.4 is 5.56 Å². The number of benzene rings is 1. The Hall–Kier alpha value is -3.19. The molecule has 0 amide bonds. The summed E-state index contributed by atoms with van der Waals surface area (Å²) in [6.07, 6.45) is 1.50. The van der Waals surface area contributed by atoms with Crippen molar-refractivity contribution in [3.05, 3.63) is 56.4 Å². The lowest BCUT2D eigenvalue weighted by molar-refractivity contribution is -0.172. The Balaban J connectivity index is 1.85. The Labute approximate surface area is 178 Å². The fourth-order valence-electron chi connectivity index (χ4n) is 5.08. The zero-order valence-electron chi connectivity index (χ0n) is 17.8. The van der Waals surface area contributed by atoms with Gasteiger partial charge in [0.1, 0.15) is 12.4 Å². The fourth-order valence-corrected chi connectivity index (χ4v) is 5.08. The van der Waals surface area contributed by atoms with Crippen LogP contribution in [-0.4, -0.2) is 25.7 Å². The van der Waals surface area contributed by atoms with Gasteiger partial charge in [-0.2, -0.15) is 0 Å². The van der Waals surface area contributed by atoms with E-state index in [2.05, 4.69) is 6.92 Å². The van der Waals surface area contributed by atoms with E-state index in [-0.39, 0.29) is 24.3 Å². The van der Waals surface area contributed by atoms with Gasteiger partial charge in [-0.1, -0.05) is 20.8 Å². The summed E-state index contributed by atoms with van der Waals surface area (Å²) in [5.41, 5.74) is 3.43. The smallest absolute Gasteiger partial charge is 0.343 e. The highest BCUT2D eigenvalue weighted by atomic mass is 16.6. The van der Waals surface area contributed by atoms with E-state index in [1.54, 1.807) is 29.7 Å². The number of esters is 1. The predicted octanol–water partition coefficient (Wildman–Crippen LogP) is 2.91. The summed E-state index contributed by atoms with van der Waals surface area (Å²) >= 11 is 0. The second-order valence-electron chi connectivity index (χ2n) is 8.19. The lowest BCUT2D eigenvalue weighted by atomic mass is 9.86. The number of phenolic OH excluding ortho intramolecular Hbond substituents is 1. The Bertz CT molecular complexity index is 1340. The van der Waals surface area contributed by atoms with Crippen molar-refractivity contribution in [2.75, 3.05) is 0 Å². The molecule has 0 fully saturated rings. The van der Waals surface area contributed by atoms with Gasteiger partial charge in [0.15, 0.2) is 5.60 Å². The van der Waals surface area contributed by atoms with Gasteiger partial charge < -0.3 is 19.5 Å². The number of aryl methyl sites for hydroxylation is 2. The van der Waals surface area contributed by atoms with E-state index in [1.807, 2.05) is 6.92 Å². The third-order valence-corrected chi connectivity index (χ3v) is 6.76. The largest absolute Gasteiger partial charge is 0.508 e. The molecule has 1 unspecified atom stereocenters. The number of carbonyl (C=O) groups excluding carboxylic acids is 1. The third kappa shape index (κ3) is 2.47. The first kappa shape index (κ1) is 19.8. The third-order valence-electron chi connectivity index (χ3n) is 6.76. The molecule has 7 heteroatoms. The second-order valence-corrected chi connectivity index (χ2v) is 8.19. The Morgan fingerprint density at radius 2 is 1.87 bits per heavy atom. The Kier molecular flexibility index (Phi) is 4.24. The molecule has 4 heterocycles. The first-order valence-electron chi connectivity index (χ1n) is 10.7. The number of hydrogen-bond acceptors (Lipinski definition) is 6. The van der Waals surface area contributed by atoms with Gasteiger partial charge in [-0.05, 0) is 43.0 Å². The molecule has 7 nitrogen and oxygen atoms in total. The number of cyclic esters (lactones) is 1. The van der Waals surface area contributed by atoms with Crippen LogP contribution in [0.15, 0.2) is 23.0 Å². The van der Waals surface area contributed by atoms with Gasteiger partial charge in [-0.3, -0.25) is 4.79 Å². The van der Waals surface area contributed by atoms with Gasteiger partial charge in [-0.15, -0.1) is 0 Å². The molecule has 1 atom stereocenters. The predicted molar refractivity (Wildman–Crippen MR) is 115 cm³/mol. The minimum absolute atomic E-state index is 0.110. The van der Waals surface area contributed by atoms with E-state index in [0.717, 1.165) is 34.0 Å². The maximum atomic E-state index is 13.3. The van der Waals surface area contributed by atoms with E-state index in [0.29, 0.717) is 35.5 Å². The van der Waals surface area contributed by atoms with Gasteiger partial charge >= 0.3 is 5.97 Å². The number of phenols is 1. The van der Waals surface area contributed by atoms with E-state index in [1.165, 1.54) is 0 Å². The van der Waals surface area contributed by atoms with Gasteiger partial charge in [0, 0.05) is 22.1 Å². The topological polar surface area (TPSA) is 102 Å². The molecule has 0 bridgehead atoms. The van der Waals surface area contributed by atoms with E-state index in [9.17, 15) is 19.8 Å². The lowest BCUT2D eigenvalue weighted by Crippen LogP contribution is -2.44. The monoisotopic (exact) mass is 420 g/mol. The molecular weight excluding hydrogens is 396 g/mol. The molecule has 2 aromatic heterocycles. The Morgan fingerprint density at radius 1 is 1.13 bits per heavy atom. The van der Waals surface area contributed by atoms with Crippen LogP contribution in [0.1, 0.15) is 55.0 Å². The van der Waals surface area contributed by atoms with Crippen molar-refractivity contribution in [1.82, 2.24) is 9.55 Å². The van der Waals surface area contributed by atoms with Crippen molar-refractivity contribution in [1.29, 1.82) is 0 Å². The maximum Gasteiger partial charge on any atom is 0.343 e. The summed E-state index contributed by atoms with van der Waals surface area (Å²) < 4.78 is 6.78. The molecule has 2 aliphatic rings. The SMILES string of the molecule is CCc1c(O)ccc2nc3c(c(CC)c12)Cn1c-3cc2c(c1=O)COC(=O)C2(O)CC. The van der Waals surface area contributed by atoms with Crippen LogP contribution in [0.5, 0.6) is 5.75 Å². The molecule has 5 rings (SSSR count). The fraction of sp³-hybridized carbons (Fsp3) is 0.375. The first-order chi connectivity index (χ1) is 14.8. The van der Waals surface area contributed by atoms with Crippen molar-refractivity contribution in [2.24, 2.45) is 0 Å². The van der Waals surface area contributed by atoms with Crippen LogP contribution in [0, 0.1) is 0 Å². The minimum Gasteiger partial charge on any atom is -0.508 e. The highest BCUT2D eigenvalue weighted by Crippen LogP contribution is 2.41. The number of rotatable bonds is 3. The van der Waals surface area contributed by atoms with Gasteiger partial charge in [0.25, 0.3) is 5.56 Å². The quantitative estimate of drug-likeness (QED) is 0.494. The van der Waals surface area contributed by atoms with Crippen LogP contribution >= 0.6 is 0 Å². The standard InChI is InChI=1S/C24H24N2O5/c1-4-12-14-10-26-18(21(14)25-17-7-8-19(27)13(5-2)20(12)17)9-16-15(22(26)28)11-31-23(29)24(16,30)6-3/h7-9,27,30H,4-6,10-11H2,1-3H3. The molecule has 1 aromatic carbocycles. The van der Waals surface area contributed by atoms with Crippen LogP contribution in [0.3, 0.4) is 0 Å². The molecule has 0 aliphatic carbocycles. The summed E-state index contributed by atoms with van der Waals surface area (Å²) in [6.45, 7) is 5.96. The molecule has 0 saturated heterocycles. The summed E-state index contributed by atoms with van der Waals surface area (Å²) in [7, 11) is 0. The van der Waals surface area contributed by atoms with E-state index in [4.69, 9.17) is 9.72 Å². The zero-order valence-corrected chi connectivity index (χ0v) is 17.8. The number of aromatic hydroxyl groups is 1. The molecule has 31 heavy (non-hydrogen) atoms. The van der Waals surface area contributed by atoms with Crippen LogP contribution in [0.25, 0.3) is 22.3 Å². The number of aromatic nitrogens is 2. The molecule has 0 saturated carbocycles. The van der Waals surface area contributed by atoms with Crippen molar-refractivity contribution < 1.29 is 19.7 Å². The van der Waals surface area contributed by atoms with Crippen molar-refractivity contribution in [3.63, 3.8) is 0 Å². The molecule has 2 N–H and O–H groups in total. The summed E-state index contributed by atoms with van der Waals surface area (Å²) in [4.78, 5) is 30.5. The highest BCUT2D eigenvalue weighted by molar-refractivity contribution is 5.92. The number of carbonyl (C=O) groups is 1. The lowest BCUT2D eigenvalue weighted by Gasteiger charge is -2.31. The van der Waals surface area contributed by atoms with Crippen LogP contribution in [0.2, 0.25) is 0 Å². The number of aliphatic hydroxyl groups is 1. The number of nitrogens with zero attached hydrogens (tertiary/aromatic N) is 2. The summed E-state index contributed by atoms with van der Waals surface area (Å²) in [6, 6.07) is 5.18. The highest BCUT2D eigenvalue weighted by Gasteiger charge is 2.45. The van der Waals surface area contributed by atoms with Gasteiger partial charge in [0.2, 0.25) is 0 Å². The van der Waals surface area contributed by atoms with Crippen LogP contribution in [-0.2, 0) is 41.1 Å². The molecule has 2 aliphatic heterocycles. The first-order valence-corrected chi connectivity index (χ1v) is 10.7. The van der Waals surface area contributed by atoms with Crippen molar-refractivity contribution in [2.45, 2.75) is 58.8 Å². The Morgan fingerprint density at radius 3 is 2.55 bits per heavy atom.